The first-order chi connectivity index (χ1) is 5.98. The number of sulfonamides is 1. The molecule has 0 unspecified atom stereocenters. The molecule has 0 bridgehead atoms. The highest BCUT2D eigenvalue weighted by Gasteiger charge is 2.08. The minimum atomic E-state index is -3.27. The minimum absolute atomic E-state index is 0.0506. The second-order valence-electron chi connectivity index (χ2n) is 2.35. The number of hydrogen-bond donors (Lipinski definition) is 1. The average molecular weight is 228 g/mol. The molecule has 0 aromatic rings. The van der Waals surface area contributed by atoms with Crippen LogP contribution in [0.15, 0.2) is 11.6 Å². The van der Waals surface area contributed by atoms with Gasteiger partial charge < -0.3 is 4.74 Å². The van der Waals surface area contributed by atoms with Crippen molar-refractivity contribution in [3.05, 3.63) is 11.6 Å². The first-order valence-electron chi connectivity index (χ1n) is 3.86. The van der Waals surface area contributed by atoms with Gasteiger partial charge in [-0.25, -0.2) is 13.1 Å². The Bertz CT molecular complexity index is 250. The SMILES string of the molecule is C=C(Cl)CNS(=O)(=O)CCOCC. The van der Waals surface area contributed by atoms with E-state index in [1.54, 1.807) is 6.92 Å². The van der Waals surface area contributed by atoms with E-state index < -0.39 is 10.0 Å². The van der Waals surface area contributed by atoms with E-state index in [-0.39, 0.29) is 23.9 Å². The molecule has 78 valence electrons. The van der Waals surface area contributed by atoms with Crippen molar-refractivity contribution in [3.8, 4) is 0 Å². The maximum Gasteiger partial charge on any atom is 0.214 e. The number of ether oxygens (including phenoxy) is 1. The van der Waals surface area contributed by atoms with Gasteiger partial charge in [0, 0.05) is 18.2 Å². The van der Waals surface area contributed by atoms with Gasteiger partial charge in [0.1, 0.15) is 0 Å². The quantitative estimate of drug-likeness (QED) is 0.652. The molecule has 0 saturated heterocycles. The molecule has 0 saturated carbocycles. The van der Waals surface area contributed by atoms with E-state index in [0.29, 0.717) is 6.61 Å². The smallest absolute Gasteiger partial charge is 0.214 e. The number of hydrogen-bond acceptors (Lipinski definition) is 3. The molecule has 4 nitrogen and oxygen atoms in total. The molecule has 6 heteroatoms. The predicted molar refractivity (Wildman–Crippen MR) is 53.3 cm³/mol. The van der Waals surface area contributed by atoms with E-state index in [1.807, 2.05) is 0 Å². The Morgan fingerprint density at radius 1 is 1.62 bits per heavy atom. The first kappa shape index (κ1) is 12.9. The van der Waals surface area contributed by atoms with E-state index >= 15 is 0 Å². The average Bonchev–Trinajstić information content (AvgIpc) is 2.02. The molecule has 1 N–H and O–H groups in total. The van der Waals surface area contributed by atoms with Gasteiger partial charge in [-0.2, -0.15) is 0 Å². The summed E-state index contributed by atoms with van der Waals surface area (Å²) in [6.45, 7) is 5.94. The fourth-order valence-corrected chi connectivity index (χ4v) is 1.60. The molecule has 13 heavy (non-hydrogen) atoms. The van der Waals surface area contributed by atoms with Gasteiger partial charge in [-0.3, -0.25) is 0 Å². The molecule has 0 aliphatic carbocycles. The number of halogens is 1. The van der Waals surface area contributed by atoms with Gasteiger partial charge in [0.25, 0.3) is 0 Å². The molecule has 0 aliphatic heterocycles. The van der Waals surface area contributed by atoms with Gasteiger partial charge in [-0.1, -0.05) is 18.2 Å². The van der Waals surface area contributed by atoms with Crippen LogP contribution >= 0.6 is 11.6 Å². The lowest BCUT2D eigenvalue weighted by Gasteiger charge is -2.05. The van der Waals surface area contributed by atoms with E-state index in [9.17, 15) is 8.42 Å². The first-order valence-corrected chi connectivity index (χ1v) is 5.89. The van der Waals surface area contributed by atoms with Crippen LogP contribution in [-0.4, -0.2) is 33.9 Å². The molecule has 0 spiro atoms. The van der Waals surface area contributed by atoms with Crippen LogP contribution < -0.4 is 4.72 Å². The summed E-state index contributed by atoms with van der Waals surface area (Å²) in [6, 6.07) is 0. The largest absolute Gasteiger partial charge is 0.381 e. The lowest BCUT2D eigenvalue weighted by atomic mass is 10.7. The fraction of sp³-hybridized carbons (Fsp3) is 0.714. The van der Waals surface area contributed by atoms with Crippen LogP contribution in [0.2, 0.25) is 0 Å². The molecule has 0 rings (SSSR count). The molecular weight excluding hydrogens is 214 g/mol. The molecule has 0 aliphatic rings. The summed E-state index contributed by atoms with van der Waals surface area (Å²) >= 11 is 5.39. The zero-order valence-corrected chi connectivity index (χ0v) is 9.12. The van der Waals surface area contributed by atoms with Crippen molar-refractivity contribution < 1.29 is 13.2 Å². The lowest BCUT2D eigenvalue weighted by molar-refractivity contribution is 0.163. The van der Waals surface area contributed by atoms with Crippen LogP contribution in [0, 0.1) is 0 Å². The summed E-state index contributed by atoms with van der Waals surface area (Å²) < 4.78 is 29.4. The standard InChI is InChI=1S/C7H14ClNO3S/c1-3-12-4-5-13(10,11)9-6-7(2)8/h9H,2-6H2,1H3. The molecule has 0 radical (unpaired) electrons. The molecule has 0 fully saturated rings. The van der Waals surface area contributed by atoms with Crippen LogP contribution in [-0.2, 0) is 14.8 Å². The topological polar surface area (TPSA) is 55.4 Å². The summed E-state index contributed by atoms with van der Waals surface area (Å²) in [5.74, 6) is -0.0506. The van der Waals surface area contributed by atoms with Gasteiger partial charge in [0.2, 0.25) is 10.0 Å². The molecule has 0 heterocycles. The molecule has 0 atom stereocenters. The van der Waals surface area contributed by atoms with Gasteiger partial charge in [0.05, 0.1) is 12.4 Å². The highest BCUT2D eigenvalue weighted by molar-refractivity contribution is 7.89. The summed E-state index contributed by atoms with van der Waals surface area (Å²) in [6.07, 6.45) is 0. The van der Waals surface area contributed by atoms with E-state index in [4.69, 9.17) is 16.3 Å². The maximum atomic E-state index is 11.1. The Kier molecular flexibility index (Phi) is 6.32. The summed E-state index contributed by atoms with van der Waals surface area (Å²) in [5, 5.41) is 0.264. The second kappa shape index (κ2) is 6.37. The van der Waals surface area contributed by atoms with Crippen molar-refractivity contribution >= 4 is 21.6 Å². The summed E-state index contributed by atoms with van der Waals surface area (Å²) in [5.41, 5.74) is 0. The van der Waals surface area contributed by atoms with Crippen molar-refractivity contribution in [3.63, 3.8) is 0 Å². The van der Waals surface area contributed by atoms with Crippen molar-refractivity contribution in [1.29, 1.82) is 0 Å². The third kappa shape index (κ3) is 8.24. The number of nitrogens with one attached hydrogen (secondary N) is 1. The third-order valence-corrected chi connectivity index (χ3v) is 2.61. The van der Waals surface area contributed by atoms with Crippen LogP contribution in [0.1, 0.15) is 6.92 Å². The highest BCUT2D eigenvalue weighted by atomic mass is 35.5. The Morgan fingerprint density at radius 2 is 2.23 bits per heavy atom. The van der Waals surface area contributed by atoms with Gasteiger partial charge in [0.15, 0.2) is 0 Å². The van der Waals surface area contributed by atoms with E-state index in [0.717, 1.165) is 0 Å². The minimum Gasteiger partial charge on any atom is -0.381 e. The van der Waals surface area contributed by atoms with Crippen LogP contribution in [0.5, 0.6) is 0 Å². The Balaban J connectivity index is 3.74. The Hall–Kier alpha value is -0.100. The van der Waals surface area contributed by atoms with Crippen molar-refractivity contribution in [2.75, 3.05) is 25.5 Å². The molecule has 0 amide bonds. The van der Waals surface area contributed by atoms with Crippen molar-refractivity contribution in [2.45, 2.75) is 6.92 Å². The number of rotatable bonds is 7. The fourth-order valence-electron chi connectivity index (χ4n) is 0.573. The predicted octanol–water partition coefficient (Wildman–Crippen LogP) is 0.695. The van der Waals surface area contributed by atoms with Gasteiger partial charge in [-0.05, 0) is 6.92 Å². The molecule has 0 aromatic heterocycles. The van der Waals surface area contributed by atoms with Crippen LogP contribution in [0.25, 0.3) is 0 Å². The van der Waals surface area contributed by atoms with E-state index in [2.05, 4.69) is 11.3 Å². The third-order valence-electron chi connectivity index (χ3n) is 1.18. The summed E-state index contributed by atoms with van der Waals surface area (Å²) in [7, 11) is -3.27. The zero-order chi connectivity index (χ0) is 10.3. The van der Waals surface area contributed by atoms with Crippen molar-refractivity contribution in [1.82, 2.24) is 4.72 Å². The van der Waals surface area contributed by atoms with Gasteiger partial charge >= 0.3 is 0 Å². The van der Waals surface area contributed by atoms with Crippen molar-refractivity contribution in [2.24, 2.45) is 0 Å². The Labute approximate surface area is 84.0 Å². The molecular formula is C7H14ClNO3S. The lowest BCUT2D eigenvalue weighted by Crippen LogP contribution is -2.29. The second-order valence-corrected chi connectivity index (χ2v) is 4.82. The Morgan fingerprint density at radius 3 is 2.69 bits per heavy atom. The zero-order valence-electron chi connectivity index (χ0n) is 7.55. The monoisotopic (exact) mass is 227 g/mol. The van der Waals surface area contributed by atoms with E-state index in [1.165, 1.54) is 0 Å². The molecule has 0 aromatic carbocycles. The van der Waals surface area contributed by atoms with Crippen LogP contribution in [0.3, 0.4) is 0 Å². The summed E-state index contributed by atoms with van der Waals surface area (Å²) in [4.78, 5) is 0. The highest BCUT2D eigenvalue weighted by Crippen LogP contribution is 1.94. The normalized spacial score (nSPS) is 11.5. The van der Waals surface area contributed by atoms with Crippen LogP contribution in [0.4, 0.5) is 0 Å². The maximum absolute atomic E-state index is 11.1. The van der Waals surface area contributed by atoms with Gasteiger partial charge in [-0.15, -0.1) is 0 Å².